The molecule has 0 aliphatic rings. The highest BCUT2D eigenvalue weighted by molar-refractivity contribution is 6.68. The summed E-state index contributed by atoms with van der Waals surface area (Å²) in [5.74, 6) is 6.07. The van der Waals surface area contributed by atoms with Gasteiger partial charge in [-0.25, -0.2) is 5.84 Å². The van der Waals surface area contributed by atoms with Crippen molar-refractivity contribution in [3.63, 3.8) is 0 Å². The van der Waals surface area contributed by atoms with E-state index in [2.05, 4.69) is 27.8 Å². The fourth-order valence-electron chi connectivity index (χ4n) is 2.32. The molecule has 1 aromatic carbocycles. The lowest BCUT2D eigenvalue weighted by Crippen LogP contribution is -2.43. The van der Waals surface area contributed by atoms with Gasteiger partial charge in [-0.3, -0.25) is 15.2 Å². The van der Waals surface area contributed by atoms with Crippen molar-refractivity contribution in [2.45, 2.75) is 26.7 Å². The van der Waals surface area contributed by atoms with Gasteiger partial charge < -0.3 is 10.1 Å². The van der Waals surface area contributed by atoms with E-state index in [0.717, 1.165) is 24.3 Å². The maximum Gasteiger partial charge on any atom is 0.278 e. The number of aromatic nitrogens is 1. The van der Waals surface area contributed by atoms with E-state index in [-0.39, 0.29) is 11.6 Å². The van der Waals surface area contributed by atoms with Gasteiger partial charge in [0.05, 0.1) is 18.5 Å². The molecule has 0 bridgehead atoms. The number of pyridine rings is 1. The first-order chi connectivity index (χ1) is 13.5. The van der Waals surface area contributed by atoms with Crippen LogP contribution >= 0.6 is 0 Å². The van der Waals surface area contributed by atoms with E-state index in [1.165, 1.54) is 4.68 Å². The molecule has 0 saturated heterocycles. The van der Waals surface area contributed by atoms with Crippen LogP contribution in [0.1, 0.15) is 26.7 Å². The van der Waals surface area contributed by atoms with Crippen molar-refractivity contribution >= 4 is 28.7 Å². The van der Waals surface area contributed by atoms with Crippen LogP contribution in [0, 0.1) is 0 Å². The third-order valence-electron chi connectivity index (χ3n) is 3.89. The summed E-state index contributed by atoms with van der Waals surface area (Å²) in [7, 11) is 1.60. The molecule has 0 atom stereocenters. The van der Waals surface area contributed by atoms with Gasteiger partial charge in [-0.15, -0.1) is 0 Å². The lowest BCUT2D eigenvalue weighted by Gasteiger charge is -2.09. The highest BCUT2D eigenvalue weighted by Gasteiger charge is 2.17. The number of benzene rings is 1. The van der Waals surface area contributed by atoms with Gasteiger partial charge in [-0.1, -0.05) is 18.0 Å². The summed E-state index contributed by atoms with van der Waals surface area (Å²) in [4.78, 5) is 17.3. The molecule has 0 radical (unpaired) electrons. The Bertz CT molecular complexity index is 846. The van der Waals surface area contributed by atoms with Crippen LogP contribution in [-0.2, 0) is 4.79 Å². The van der Waals surface area contributed by atoms with Crippen LogP contribution in [0.3, 0.4) is 0 Å². The zero-order valence-corrected chi connectivity index (χ0v) is 16.5. The molecule has 2 aromatic rings. The number of hydrogen-bond donors (Lipinski definition) is 3. The molecule has 0 fully saturated rings. The molecule has 1 amide bonds. The fourth-order valence-corrected chi connectivity index (χ4v) is 2.32. The summed E-state index contributed by atoms with van der Waals surface area (Å²) in [6.45, 7) is 4.51. The van der Waals surface area contributed by atoms with Crippen LogP contribution < -0.4 is 26.0 Å². The van der Waals surface area contributed by atoms with Crippen molar-refractivity contribution in [1.82, 2.24) is 0 Å². The molecule has 0 saturated carbocycles. The number of nitrogens with zero attached hydrogens (tertiary/aromatic N) is 3. The number of unbranched alkanes of at least 4 members (excludes halogenated alkanes) is 1. The predicted molar refractivity (Wildman–Crippen MR) is 112 cm³/mol. The minimum absolute atomic E-state index is 0.208. The molecule has 0 unspecified atom stereocenters. The molecule has 1 heterocycles. The SMILES string of the molecule is CCCCN=C(C)C(=NNc1ccc(OC)cc1)C(=O)Nc1ccc[n+](N)c1. The summed E-state index contributed by atoms with van der Waals surface area (Å²) in [5.41, 5.74) is 4.96. The third kappa shape index (κ3) is 6.39. The highest BCUT2D eigenvalue weighted by atomic mass is 16.5. The normalized spacial score (nSPS) is 11.8. The van der Waals surface area contributed by atoms with Gasteiger partial charge in [-0.05, 0) is 43.7 Å². The topological polar surface area (TPSA) is 105 Å². The number of nitrogens with two attached hydrogens (primary N) is 1. The standard InChI is InChI=1S/C20H26N6O2/c1-4-5-12-22-15(2)19(20(27)23-17-7-6-13-26(21)14-17)25-24-16-8-10-18(28-3)11-9-16/h6-11,13-14H,4-5,12,21H2,1-3H3,(H-,22,23,24,27)/p+1. The van der Waals surface area contributed by atoms with Crippen molar-refractivity contribution in [3.05, 3.63) is 48.8 Å². The Balaban J connectivity index is 2.21. The molecule has 0 aliphatic carbocycles. The number of carbonyl (C=O) groups excluding carboxylic acids is 1. The summed E-state index contributed by atoms with van der Waals surface area (Å²) < 4.78 is 6.51. The van der Waals surface area contributed by atoms with E-state index in [0.29, 0.717) is 17.9 Å². The number of hydrazone groups is 1. The second kappa shape index (κ2) is 10.7. The Hall–Kier alpha value is -3.42. The number of carbonyl (C=O) groups is 1. The number of anilines is 2. The molecule has 148 valence electrons. The largest absolute Gasteiger partial charge is 0.497 e. The second-order valence-corrected chi connectivity index (χ2v) is 6.12. The van der Waals surface area contributed by atoms with Crippen molar-refractivity contribution in [1.29, 1.82) is 0 Å². The number of nitrogens with one attached hydrogen (secondary N) is 2. The quantitative estimate of drug-likeness (QED) is 0.203. The Labute approximate surface area is 165 Å². The van der Waals surface area contributed by atoms with Crippen LogP contribution in [-0.4, -0.2) is 31.0 Å². The van der Waals surface area contributed by atoms with E-state index in [9.17, 15) is 4.79 Å². The average molecular weight is 383 g/mol. The lowest BCUT2D eigenvalue weighted by atomic mass is 10.2. The third-order valence-corrected chi connectivity index (χ3v) is 3.89. The maximum absolute atomic E-state index is 12.8. The zero-order valence-electron chi connectivity index (χ0n) is 16.5. The molecular weight excluding hydrogens is 356 g/mol. The summed E-state index contributed by atoms with van der Waals surface area (Å²) in [6.07, 6.45) is 5.26. The Morgan fingerprint density at radius 3 is 2.61 bits per heavy atom. The van der Waals surface area contributed by atoms with Crippen molar-refractivity contribution in [3.8, 4) is 5.75 Å². The molecule has 0 spiro atoms. The first kappa shape index (κ1) is 20.9. The van der Waals surface area contributed by atoms with E-state index in [4.69, 9.17) is 10.6 Å². The van der Waals surface area contributed by atoms with Gasteiger partial charge in [0.1, 0.15) is 11.4 Å². The number of methoxy groups -OCH3 is 1. The number of nitrogen functional groups attached to an aromatic ring is 1. The monoisotopic (exact) mass is 383 g/mol. The molecule has 8 nitrogen and oxygen atoms in total. The zero-order chi connectivity index (χ0) is 20.4. The number of rotatable bonds is 9. The first-order valence-corrected chi connectivity index (χ1v) is 9.10. The number of hydrogen-bond acceptors (Lipinski definition) is 6. The number of ether oxygens (including phenoxy) is 1. The van der Waals surface area contributed by atoms with Crippen LogP contribution in [0.2, 0.25) is 0 Å². The first-order valence-electron chi connectivity index (χ1n) is 9.10. The van der Waals surface area contributed by atoms with Gasteiger partial charge in [0.25, 0.3) is 5.91 Å². The summed E-state index contributed by atoms with van der Waals surface area (Å²) in [5, 5.41) is 7.09. The fraction of sp³-hybridized carbons (Fsp3) is 0.300. The van der Waals surface area contributed by atoms with Gasteiger partial charge in [0.2, 0.25) is 6.20 Å². The van der Waals surface area contributed by atoms with Gasteiger partial charge in [0.15, 0.2) is 11.9 Å². The van der Waals surface area contributed by atoms with Crippen LogP contribution in [0.15, 0.2) is 58.9 Å². The van der Waals surface area contributed by atoms with E-state index in [1.807, 2.05) is 24.3 Å². The Morgan fingerprint density at radius 1 is 1.21 bits per heavy atom. The number of aliphatic imine (C=N–C) groups is 1. The Kier molecular flexibility index (Phi) is 7.95. The van der Waals surface area contributed by atoms with Crippen molar-refractivity contribution in [2.75, 3.05) is 30.2 Å². The Morgan fingerprint density at radius 2 is 1.96 bits per heavy atom. The predicted octanol–water partition coefficient (Wildman–Crippen LogP) is 2.36. The van der Waals surface area contributed by atoms with E-state index >= 15 is 0 Å². The van der Waals surface area contributed by atoms with Gasteiger partial charge >= 0.3 is 0 Å². The molecule has 28 heavy (non-hydrogen) atoms. The minimum atomic E-state index is -0.370. The molecule has 4 N–H and O–H groups in total. The molecule has 0 aliphatic heterocycles. The van der Waals surface area contributed by atoms with Crippen LogP contribution in [0.25, 0.3) is 0 Å². The maximum atomic E-state index is 12.8. The molecule has 1 aromatic heterocycles. The van der Waals surface area contributed by atoms with Crippen LogP contribution in [0.4, 0.5) is 11.4 Å². The van der Waals surface area contributed by atoms with Crippen LogP contribution in [0.5, 0.6) is 5.75 Å². The molecule has 8 heteroatoms. The molecule has 2 rings (SSSR count). The average Bonchev–Trinajstić information content (AvgIpc) is 2.69. The van der Waals surface area contributed by atoms with E-state index in [1.54, 1.807) is 38.6 Å². The van der Waals surface area contributed by atoms with Crippen molar-refractivity contribution in [2.24, 2.45) is 10.1 Å². The highest BCUT2D eigenvalue weighted by Crippen LogP contribution is 2.15. The van der Waals surface area contributed by atoms with E-state index < -0.39 is 0 Å². The van der Waals surface area contributed by atoms with Gasteiger partial charge in [-0.2, -0.15) is 5.10 Å². The summed E-state index contributed by atoms with van der Waals surface area (Å²) >= 11 is 0. The second-order valence-electron chi connectivity index (χ2n) is 6.12. The minimum Gasteiger partial charge on any atom is -0.497 e. The van der Waals surface area contributed by atoms with Gasteiger partial charge in [0, 0.05) is 12.6 Å². The summed E-state index contributed by atoms with van der Waals surface area (Å²) in [6, 6.07) is 10.7. The lowest BCUT2D eigenvalue weighted by molar-refractivity contribution is -0.638. The molecular formula is C20H27N6O2+. The smallest absolute Gasteiger partial charge is 0.278 e. The van der Waals surface area contributed by atoms with Crippen molar-refractivity contribution < 1.29 is 14.2 Å². The number of amides is 1.